The number of nitrogens with zero attached hydrogens (tertiary/aromatic N) is 1. The first-order valence-corrected chi connectivity index (χ1v) is 7.09. The maximum Gasteiger partial charge on any atom is 0.0593 e. The van der Waals surface area contributed by atoms with Gasteiger partial charge in [-0.05, 0) is 45.5 Å². The van der Waals surface area contributed by atoms with E-state index in [4.69, 9.17) is 4.74 Å². The summed E-state index contributed by atoms with van der Waals surface area (Å²) in [4.78, 5) is 2.13. The van der Waals surface area contributed by atoms with Crippen LogP contribution in [-0.2, 0) is 4.74 Å². The molecule has 0 aromatic heterocycles. The zero-order chi connectivity index (χ0) is 11.4. The smallest absolute Gasteiger partial charge is 0.0593 e. The molecule has 0 rings (SSSR count). The molecule has 0 heterocycles. The maximum absolute atomic E-state index is 5.46. The van der Waals surface area contributed by atoms with Crippen LogP contribution in [0.15, 0.2) is 0 Å². The minimum Gasteiger partial charge on any atom is -0.379 e. The SMILES string of the molecule is CSCCCCNCCOCCN(C)C. The van der Waals surface area contributed by atoms with Crippen molar-refractivity contribution in [3.63, 3.8) is 0 Å². The molecular formula is C11H26N2OS. The lowest BCUT2D eigenvalue weighted by Crippen LogP contribution is -2.23. The summed E-state index contributed by atoms with van der Waals surface area (Å²) in [6.45, 7) is 4.77. The highest BCUT2D eigenvalue weighted by Gasteiger charge is 1.91. The number of likely N-dealkylation sites (N-methyl/N-ethyl adjacent to an activating group) is 1. The fourth-order valence-corrected chi connectivity index (χ4v) is 1.61. The average molecular weight is 234 g/mol. The first-order chi connectivity index (χ1) is 7.27. The van der Waals surface area contributed by atoms with Crippen molar-refractivity contribution >= 4 is 11.8 Å². The van der Waals surface area contributed by atoms with Gasteiger partial charge in [-0.3, -0.25) is 0 Å². The molecule has 0 fully saturated rings. The van der Waals surface area contributed by atoms with Crippen LogP contribution in [0.5, 0.6) is 0 Å². The van der Waals surface area contributed by atoms with Gasteiger partial charge in [-0.15, -0.1) is 0 Å². The number of rotatable bonds is 11. The van der Waals surface area contributed by atoms with E-state index in [2.05, 4.69) is 30.6 Å². The highest BCUT2D eigenvalue weighted by atomic mass is 32.2. The summed E-state index contributed by atoms with van der Waals surface area (Å²) >= 11 is 1.92. The van der Waals surface area contributed by atoms with E-state index >= 15 is 0 Å². The second-order valence-electron chi connectivity index (χ2n) is 3.87. The monoisotopic (exact) mass is 234 g/mol. The van der Waals surface area contributed by atoms with Crippen LogP contribution in [0, 0.1) is 0 Å². The molecule has 0 saturated carbocycles. The molecular weight excluding hydrogens is 208 g/mol. The molecule has 0 aliphatic rings. The van der Waals surface area contributed by atoms with Gasteiger partial charge in [-0.2, -0.15) is 11.8 Å². The van der Waals surface area contributed by atoms with E-state index in [1.807, 2.05) is 11.8 Å². The highest BCUT2D eigenvalue weighted by molar-refractivity contribution is 7.98. The molecule has 0 saturated heterocycles. The van der Waals surface area contributed by atoms with Crippen molar-refractivity contribution in [2.45, 2.75) is 12.8 Å². The third-order valence-electron chi connectivity index (χ3n) is 2.06. The van der Waals surface area contributed by atoms with Crippen molar-refractivity contribution < 1.29 is 4.74 Å². The van der Waals surface area contributed by atoms with Gasteiger partial charge < -0.3 is 15.0 Å². The van der Waals surface area contributed by atoms with Crippen LogP contribution in [0.25, 0.3) is 0 Å². The largest absolute Gasteiger partial charge is 0.379 e. The second kappa shape index (κ2) is 12.3. The summed E-state index contributed by atoms with van der Waals surface area (Å²) in [7, 11) is 4.13. The van der Waals surface area contributed by atoms with E-state index in [0.29, 0.717) is 0 Å². The molecule has 0 aromatic rings. The predicted octanol–water partition coefficient (Wildman–Crippen LogP) is 1.30. The second-order valence-corrected chi connectivity index (χ2v) is 4.85. The first-order valence-electron chi connectivity index (χ1n) is 5.69. The van der Waals surface area contributed by atoms with Gasteiger partial charge in [0.05, 0.1) is 13.2 Å². The standard InChI is InChI=1S/C11H26N2OS/c1-13(2)8-10-14-9-7-12-6-4-5-11-15-3/h12H,4-11H2,1-3H3. The Kier molecular flexibility index (Phi) is 12.5. The molecule has 0 spiro atoms. The number of hydrogen-bond donors (Lipinski definition) is 1. The van der Waals surface area contributed by atoms with E-state index in [0.717, 1.165) is 32.8 Å². The quantitative estimate of drug-likeness (QED) is 0.545. The average Bonchev–Trinajstić information content (AvgIpc) is 2.20. The minimum atomic E-state index is 0.830. The first kappa shape index (κ1) is 15.2. The lowest BCUT2D eigenvalue weighted by Gasteiger charge is -2.10. The summed E-state index contributed by atoms with van der Waals surface area (Å²) in [5, 5.41) is 3.38. The number of thioether (sulfide) groups is 1. The minimum absolute atomic E-state index is 0.830. The predicted molar refractivity (Wildman–Crippen MR) is 69.9 cm³/mol. The van der Waals surface area contributed by atoms with Crippen molar-refractivity contribution in [3.05, 3.63) is 0 Å². The number of ether oxygens (including phenoxy) is 1. The van der Waals surface area contributed by atoms with Crippen molar-refractivity contribution in [1.29, 1.82) is 0 Å². The summed E-state index contributed by atoms with van der Waals surface area (Å²) < 4.78 is 5.46. The molecule has 3 nitrogen and oxygen atoms in total. The fourth-order valence-electron chi connectivity index (χ4n) is 1.11. The summed E-state index contributed by atoms with van der Waals surface area (Å²) in [5.41, 5.74) is 0. The molecule has 0 aliphatic carbocycles. The summed E-state index contributed by atoms with van der Waals surface area (Å²) in [6, 6.07) is 0. The van der Waals surface area contributed by atoms with Gasteiger partial charge in [0.25, 0.3) is 0 Å². The molecule has 1 N–H and O–H groups in total. The summed E-state index contributed by atoms with van der Waals surface area (Å²) in [5.74, 6) is 1.28. The van der Waals surface area contributed by atoms with E-state index < -0.39 is 0 Å². The molecule has 0 aromatic carbocycles. The zero-order valence-corrected chi connectivity index (χ0v) is 11.2. The molecule has 0 unspecified atom stereocenters. The Bertz CT molecular complexity index is 123. The van der Waals surface area contributed by atoms with Gasteiger partial charge in [0.1, 0.15) is 0 Å². The van der Waals surface area contributed by atoms with Crippen LogP contribution < -0.4 is 5.32 Å². The van der Waals surface area contributed by atoms with Gasteiger partial charge in [0.15, 0.2) is 0 Å². The maximum atomic E-state index is 5.46. The number of hydrogen-bond acceptors (Lipinski definition) is 4. The van der Waals surface area contributed by atoms with E-state index in [1.165, 1.54) is 18.6 Å². The Morgan fingerprint density at radius 3 is 2.60 bits per heavy atom. The van der Waals surface area contributed by atoms with Crippen molar-refractivity contribution in [2.75, 3.05) is 59.0 Å². The molecule has 0 atom stereocenters. The van der Waals surface area contributed by atoms with Gasteiger partial charge in [0.2, 0.25) is 0 Å². The molecule has 92 valence electrons. The third kappa shape index (κ3) is 14.2. The third-order valence-corrected chi connectivity index (χ3v) is 2.75. The van der Waals surface area contributed by atoms with E-state index in [1.54, 1.807) is 0 Å². The number of nitrogens with one attached hydrogen (secondary N) is 1. The van der Waals surface area contributed by atoms with Gasteiger partial charge in [-0.25, -0.2) is 0 Å². The molecule has 0 amide bonds. The van der Waals surface area contributed by atoms with Crippen LogP contribution in [0.3, 0.4) is 0 Å². The molecule has 15 heavy (non-hydrogen) atoms. The number of unbranched alkanes of at least 4 members (excludes halogenated alkanes) is 1. The zero-order valence-electron chi connectivity index (χ0n) is 10.4. The Balaban J connectivity index is 2.87. The van der Waals surface area contributed by atoms with E-state index in [9.17, 15) is 0 Å². The Morgan fingerprint density at radius 1 is 1.13 bits per heavy atom. The molecule has 0 bridgehead atoms. The van der Waals surface area contributed by atoms with E-state index in [-0.39, 0.29) is 0 Å². The van der Waals surface area contributed by atoms with Crippen molar-refractivity contribution in [1.82, 2.24) is 10.2 Å². The van der Waals surface area contributed by atoms with Crippen molar-refractivity contribution in [3.8, 4) is 0 Å². The van der Waals surface area contributed by atoms with Gasteiger partial charge >= 0.3 is 0 Å². The normalized spacial score (nSPS) is 11.2. The Labute approximate surface area is 98.9 Å². The van der Waals surface area contributed by atoms with Crippen LogP contribution in [0.1, 0.15) is 12.8 Å². The Morgan fingerprint density at radius 2 is 1.93 bits per heavy atom. The summed E-state index contributed by atoms with van der Waals surface area (Å²) in [6.07, 6.45) is 4.75. The van der Waals surface area contributed by atoms with Gasteiger partial charge in [0, 0.05) is 13.1 Å². The van der Waals surface area contributed by atoms with Crippen molar-refractivity contribution in [2.24, 2.45) is 0 Å². The van der Waals surface area contributed by atoms with Crippen LogP contribution >= 0.6 is 11.8 Å². The lowest BCUT2D eigenvalue weighted by atomic mass is 10.3. The molecule has 0 radical (unpaired) electrons. The molecule has 4 heteroatoms. The van der Waals surface area contributed by atoms with Crippen LogP contribution in [-0.4, -0.2) is 63.9 Å². The Hall–Kier alpha value is 0.230. The van der Waals surface area contributed by atoms with Gasteiger partial charge in [-0.1, -0.05) is 0 Å². The topological polar surface area (TPSA) is 24.5 Å². The molecule has 0 aliphatic heterocycles. The lowest BCUT2D eigenvalue weighted by molar-refractivity contribution is 0.119. The van der Waals surface area contributed by atoms with Crippen LogP contribution in [0.4, 0.5) is 0 Å². The highest BCUT2D eigenvalue weighted by Crippen LogP contribution is 1.97. The van der Waals surface area contributed by atoms with Crippen LogP contribution in [0.2, 0.25) is 0 Å². The fraction of sp³-hybridized carbons (Fsp3) is 1.00.